The van der Waals surface area contributed by atoms with Gasteiger partial charge in [0.2, 0.25) is 0 Å². The molecule has 0 bridgehead atoms. The highest BCUT2D eigenvalue weighted by atomic mass is 35.5. The predicted octanol–water partition coefficient (Wildman–Crippen LogP) is 3.86. The second-order valence-electron chi connectivity index (χ2n) is 5.41. The van der Waals surface area contributed by atoms with Crippen LogP contribution in [0, 0.1) is 0 Å². The summed E-state index contributed by atoms with van der Waals surface area (Å²) in [7, 11) is 6.00. The fourth-order valence-corrected chi connectivity index (χ4v) is 2.06. The number of quaternary nitrogens is 1. The van der Waals surface area contributed by atoms with Crippen LogP contribution in [0.4, 0.5) is 10.5 Å². The summed E-state index contributed by atoms with van der Waals surface area (Å²) in [5, 5.41) is 3.38. The van der Waals surface area contributed by atoms with E-state index in [1.54, 1.807) is 18.2 Å². The molecule has 0 heterocycles. The maximum Gasteiger partial charge on any atom is 0.412 e. The average molecular weight is 341 g/mol. The number of nitrogens with one attached hydrogen (secondary N) is 1. The third-order valence-electron chi connectivity index (χ3n) is 2.36. The van der Waals surface area contributed by atoms with Crippen molar-refractivity contribution in [1.82, 2.24) is 0 Å². The number of ether oxygens (including phenoxy) is 1. The number of anilines is 1. The first-order valence-electron chi connectivity index (χ1n) is 6.00. The van der Waals surface area contributed by atoms with Crippen molar-refractivity contribution in [3.8, 4) is 0 Å². The molecule has 1 atom stereocenters. The van der Waals surface area contributed by atoms with E-state index in [-0.39, 0.29) is 12.0 Å². The van der Waals surface area contributed by atoms with Crippen molar-refractivity contribution in [2.75, 3.05) is 38.9 Å². The van der Waals surface area contributed by atoms with Crippen LogP contribution in [0.1, 0.15) is 0 Å². The molecule has 1 N–H and O–H groups in total. The molecule has 112 valence electrons. The molecule has 1 aromatic carbocycles. The Bertz CT molecular complexity index is 475. The molecule has 0 radical (unpaired) electrons. The molecule has 0 unspecified atom stereocenters. The fraction of sp³-hybridized carbons (Fsp3) is 0.462. The Kier molecular flexibility index (Phi) is 6.40. The summed E-state index contributed by atoms with van der Waals surface area (Å²) < 4.78 is 5.93. The molecule has 0 spiro atoms. The van der Waals surface area contributed by atoms with Crippen molar-refractivity contribution < 1.29 is 14.0 Å². The summed E-state index contributed by atoms with van der Waals surface area (Å²) in [5.74, 6) is 0.240. The van der Waals surface area contributed by atoms with Crippen LogP contribution >= 0.6 is 34.8 Å². The third-order valence-corrected chi connectivity index (χ3v) is 3.45. The van der Waals surface area contributed by atoms with Gasteiger partial charge in [-0.3, -0.25) is 5.32 Å². The molecule has 1 aromatic rings. The lowest BCUT2D eigenvalue weighted by atomic mass is 10.3. The summed E-state index contributed by atoms with van der Waals surface area (Å²) in [5.41, 5.74) is 0.517. The number of carbonyl (C=O) groups is 1. The Labute approximate surface area is 134 Å². The summed E-state index contributed by atoms with van der Waals surface area (Å²) in [6.07, 6.45) is -0.929. The van der Waals surface area contributed by atoms with Crippen LogP contribution in [0.5, 0.6) is 0 Å². The number of amides is 1. The Morgan fingerprint density at radius 2 is 1.95 bits per heavy atom. The Morgan fingerprint density at radius 1 is 1.30 bits per heavy atom. The van der Waals surface area contributed by atoms with E-state index in [1.807, 2.05) is 21.1 Å². The summed E-state index contributed by atoms with van der Waals surface area (Å²) >= 11 is 17.5. The smallest absolute Gasteiger partial charge is 0.412 e. The molecule has 0 fully saturated rings. The van der Waals surface area contributed by atoms with Gasteiger partial charge in [-0.25, -0.2) is 4.79 Å². The first-order valence-corrected chi connectivity index (χ1v) is 7.29. The van der Waals surface area contributed by atoms with Crippen LogP contribution in [0.25, 0.3) is 0 Å². The highest BCUT2D eigenvalue weighted by Gasteiger charge is 2.21. The van der Waals surface area contributed by atoms with Crippen LogP contribution < -0.4 is 5.32 Å². The van der Waals surface area contributed by atoms with E-state index in [0.717, 1.165) is 0 Å². The summed E-state index contributed by atoms with van der Waals surface area (Å²) in [6.45, 7) is 0.623. The van der Waals surface area contributed by atoms with Crippen LogP contribution in [0.15, 0.2) is 18.2 Å². The van der Waals surface area contributed by atoms with Gasteiger partial charge in [0.1, 0.15) is 6.54 Å². The van der Waals surface area contributed by atoms with Crippen LogP contribution in [0.2, 0.25) is 10.0 Å². The molecule has 0 aromatic heterocycles. The van der Waals surface area contributed by atoms with E-state index >= 15 is 0 Å². The van der Waals surface area contributed by atoms with Crippen molar-refractivity contribution >= 4 is 46.6 Å². The number of likely N-dealkylation sites (N-methyl/N-ethyl adjacent to an activating group) is 1. The number of alkyl halides is 1. The molecule has 0 aliphatic heterocycles. The molecule has 7 heteroatoms. The standard InChI is InChI=1S/C13H17Cl3N2O2/c1-18(2,3)8-10(7-14)20-13(19)17-9-4-5-11(15)12(16)6-9/h4-6,10H,7-8H2,1-3H3/p+1/t10-/m1/s1. The molecule has 0 saturated heterocycles. The number of carbonyl (C=O) groups excluding carboxylic acids is 1. The second-order valence-corrected chi connectivity index (χ2v) is 6.53. The lowest BCUT2D eigenvalue weighted by Crippen LogP contribution is -2.44. The number of nitrogens with zero attached hydrogens (tertiary/aromatic N) is 1. The first-order chi connectivity index (χ1) is 9.21. The predicted molar refractivity (Wildman–Crippen MR) is 84.0 cm³/mol. The fourth-order valence-electron chi connectivity index (χ4n) is 1.60. The van der Waals surface area contributed by atoms with Crippen LogP contribution in [-0.2, 0) is 4.74 Å². The van der Waals surface area contributed by atoms with Gasteiger partial charge in [-0.05, 0) is 18.2 Å². The maximum absolute atomic E-state index is 11.8. The number of hydrogen-bond donors (Lipinski definition) is 1. The minimum atomic E-state index is -0.567. The van der Waals surface area contributed by atoms with E-state index in [2.05, 4.69) is 5.32 Å². The average Bonchev–Trinajstić information content (AvgIpc) is 2.31. The van der Waals surface area contributed by atoms with E-state index in [9.17, 15) is 4.79 Å². The highest BCUT2D eigenvalue weighted by molar-refractivity contribution is 6.42. The zero-order valence-corrected chi connectivity index (χ0v) is 13.9. The quantitative estimate of drug-likeness (QED) is 0.653. The van der Waals surface area contributed by atoms with E-state index in [1.165, 1.54) is 0 Å². The van der Waals surface area contributed by atoms with Gasteiger partial charge in [0.15, 0.2) is 6.10 Å². The van der Waals surface area contributed by atoms with Gasteiger partial charge in [-0.15, -0.1) is 11.6 Å². The number of benzene rings is 1. The van der Waals surface area contributed by atoms with Crippen molar-refractivity contribution in [3.63, 3.8) is 0 Å². The van der Waals surface area contributed by atoms with E-state index in [4.69, 9.17) is 39.5 Å². The highest BCUT2D eigenvalue weighted by Crippen LogP contribution is 2.25. The number of hydrogen-bond acceptors (Lipinski definition) is 2. The van der Waals surface area contributed by atoms with Gasteiger partial charge in [-0.2, -0.15) is 0 Å². The van der Waals surface area contributed by atoms with Crippen molar-refractivity contribution in [2.24, 2.45) is 0 Å². The lowest BCUT2D eigenvalue weighted by molar-refractivity contribution is -0.873. The first kappa shape index (κ1) is 17.4. The zero-order valence-electron chi connectivity index (χ0n) is 11.6. The second kappa shape index (κ2) is 7.36. The minimum Gasteiger partial charge on any atom is -0.439 e. The Balaban J connectivity index is 2.59. The normalized spacial score (nSPS) is 12.9. The maximum atomic E-state index is 11.8. The van der Waals surface area contributed by atoms with Gasteiger partial charge in [0.05, 0.1) is 37.1 Å². The van der Waals surface area contributed by atoms with E-state index in [0.29, 0.717) is 26.8 Å². The van der Waals surface area contributed by atoms with Crippen LogP contribution in [-0.4, -0.2) is 50.2 Å². The zero-order chi connectivity index (χ0) is 15.3. The molecule has 1 amide bonds. The van der Waals surface area contributed by atoms with Crippen molar-refractivity contribution in [1.29, 1.82) is 0 Å². The molecule has 0 aliphatic rings. The van der Waals surface area contributed by atoms with Gasteiger partial charge in [0.25, 0.3) is 0 Å². The molecular weight excluding hydrogens is 323 g/mol. The minimum absolute atomic E-state index is 0.240. The molecule has 0 aliphatic carbocycles. The topological polar surface area (TPSA) is 38.3 Å². The summed E-state index contributed by atoms with van der Waals surface area (Å²) in [6, 6.07) is 4.80. The largest absolute Gasteiger partial charge is 0.439 e. The SMILES string of the molecule is C[N+](C)(C)C[C@@H](CCl)OC(=O)Nc1ccc(Cl)c(Cl)c1. The van der Waals surface area contributed by atoms with Crippen molar-refractivity contribution in [2.45, 2.75) is 6.10 Å². The Hall–Kier alpha value is -0.680. The summed E-state index contributed by atoms with van der Waals surface area (Å²) in [4.78, 5) is 11.8. The van der Waals surface area contributed by atoms with Gasteiger partial charge < -0.3 is 9.22 Å². The number of halogens is 3. The van der Waals surface area contributed by atoms with Crippen molar-refractivity contribution in [3.05, 3.63) is 28.2 Å². The third kappa shape index (κ3) is 6.18. The molecule has 0 saturated carbocycles. The van der Waals surface area contributed by atoms with Crippen LogP contribution in [0.3, 0.4) is 0 Å². The number of rotatable bonds is 5. The van der Waals surface area contributed by atoms with Gasteiger partial charge in [-0.1, -0.05) is 23.2 Å². The molecule has 1 rings (SSSR count). The molecular formula is C13H18Cl3N2O2+. The Morgan fingerprint density at radius 3 is 2.45 bits per heavy atom. The van der Waals surface area contributed by atoms with Gasteiger partial charge >= 0.3 is 6.09 Å². The van der Waals surface area contributed by atoms with Gasteiger partial charge in [0, 0.05) is 5.69 Å². The molecule has 4 nitrogen and oxygen atoms in total. The molecule has 20 heavy (non-hydrogen) atoms. The monoisotopic (exact) mass is 339 g/mol. The lowest BCUT2D eigenvalue weighted by Gasteiger charge is -2.28. The van der Waals surface area contributed by atoms with E-state index < -0.39 is 6.09 Å².